The number of hydrogen-bond donors (Lipinski definition) is 1. The third kappa shape index (κ3) is 1.60. The van der Waals surface area contributed by atoms with Crippen LogP contribution in [0.4, 0.5) is 5.13 Å². The van der Waals surface area contributed by atoms with Gasteiger partial charge in [0.05, 0.1) is 22.2 Å². The highest BCUT2D eigenvalue weighted by molar-refractivity contribution is 7.18. The lowest BCUT2D eigenvalue weighted by Crippen LogP contribution is -1.92. The molecule has 0 unspecified atom stereocenters. The molecule has 0 aliphatic heterocycles. The molecule has 4 heteroatoms. The lowest BCUT2D eigenvalue weighted by atomic mass is 9.98. The van der Waals surface area contributed by atoms with E-state index in [9.17, 15) is 0 Å². The van der Waals surface area contributed by atoms with Gasteiger partial charge in [0, 0.05) is 0 Å². The Bertz CT molecular complexity index is 622. The van der Waals surface area contributed by atoms with Gasteiger partial charge in [-0.2, -0.15) is 5.26 Å². The first-order valence-electron chi connectivity index (χ1n) is 5.57. The number of benzene rings is 1. The van der Waals surface area contributed by atoms with Crippen LogP contribution in [0.25, 0.3) is 10.4 Å². The maximum absolute atomic E-state index is 9.15. The number of nitrogens with zero attached hydrogens (tertiary/aromatic N) is 2. The molecule has 0 radical (unpaired) electrons. The van der Waals surface area contributed by atoms with Crippen LogP contribution in [0.15, 0.2) is 18.2 Å². The summed E-state index contributed by atoms with van der Waals surface area (Å²) in [7, 11) is 0. The van der Waals surface area contributed by atoms with Gasteiger partial charge in [0.25, 0.3) is 0 Å². The number of nitrogens with two attached hydrogens (primary N) is 1. The molecule has 0 saturated carbocycles. The number of rotatable bonds is 0. The van der Waals surface area contributed by atoms with Gasteiger partial charge in [-0.15, -0.1) is 0 Å². The van der Waals surface area contributed by atoms with Crippen LogP contribution in [-0.4, -0.2) is 4.98 Å². The van der Waals surface area contributed by atoms with E-state index in [1.807, 2.05) is 12.1 Å². The molecule has 84 valence electrons. The number of hydrogen-bond acceptors (Lipinski definition) is 4. The van der Waals surface area contributed by atoms with Crippen LogP contribution in [0.2, 0.25) is 0 Å². The molecule has 1 aromatic heterocycles. The van der Waals surface area contributed by atoms with Gasteiger partial charge in [0.2, 0.25) is 0 Å². The number of fused-ring (bicyclic) bond motifs is 3. The highest BCUT2D eigenvalue weighted by Crippen LogP contribution is 2.38. The number of aryl methyl sites for hydroxylation is 1. The third-order valence-corrected chi connectivity index (χ3v) is 4.06. The summed E-state index contributed by atoms with van der Waals surface area (Å²) < 4.78 is 0. The second kappa shape index (κ2) is 3.86. The molecule has 2 aromatic rings. The smallest absolute Gasteiger partial charge is 0.180 e. The standard InChI is InChI=1S/C13H11N3S/c14-7-8-3-1-5-10-9(8)4-2-6-11-12(10)17-13(15)16-11/h1,3,5H,2,4,6H2,(H2,15,16). The predicted molar refractivity (Wildman–Crippen MR) is 68.7 cm³/mol. The summed E-state index contributed by atoms with van der Waals surface area (Å²) in [6.07, 6.45) is 2.92. The lowest BCUT2D eigenvalue weighted by Gasteiger charge is -2.06. The van der Waals surface area contributed by atoms with Crippen molar-refractivity contribution < 1.29 is 0 Å². The van der Waals surface area contributed by atoms with Gasteiger partial charge in [0.1, 0.15) is 0 Å². The van der Waals surface area contributed by atoms with Crippen molar-refractivity contribution in [3.8, 4) is 16.5 Å². The number of anilines is 1. The first kappa shape index (κ1) is 10.3. The van der Waals surface area contributed by atoms with E-state index in [1.165, 1.54) is 11.3 Å². The topological polar surface area (TPSA) is 62.7 Å². The Morgan fingerprint density at radius 3 is 3.06 bits per heavy atom. The Hall–Kier alpha value is -1.86. The second-order valence-electron chi connectivity index (χ2n) is 4.12. The predicted octanol–water partition coefficient (Wildman–Crippen LogP) is 2.75. The fourth-order valence-electron chi connectivity index (χ4n) is 2.36. The number of thiazole rings is 1. The third-order valence-electron chi connectivity index (χ3n) is 3.10. The van der Waals surface area contributed by atoms with Gasteiger partial charge in [-0.25, -0.2) is 4.98 Å². The molecule has 1 heterocycles. The molecular formula is C13H11N3S. The van der Waals surface area contributed by atoms with E-state index < -0.39 is 0 Å². The van der Waals surface area contributed by atoms with Gasteiger partial charge in [-0.05, 0) is 36.5 Å². The average Bonchev–Trinajstić information content (AvgIpc) is 2.62. The molecule has 0 amide bonds. The van der Waals surface area contributed by atoms with Crippen molar-refractivity contribution in [3.05, 3.63) is 35.0 Å². The Morgan fingerprint density at radius 2 is 2.24 bits per heavy atom. The first-order chi connectivity index (χ1) is 8.29. The van der Waals surface area contributed by atoms with E-state index in [1.54, 1.807) is 0 Å². The highest BCUT2D eigenvalue weighted by atomic mass is 32.1. The molecule has 2 N–H and O–H groups in total. The number of nitrogen functional groups attached to an aromatic ring is 1. The van der Waals surface area contributed by atoms with Crippen LogP contribution in [0.3, 0.4) is 0 Å². The van der Waals surface area contributed by atoms with Crippen molar-refractivity contribution in [3.63, 3.8) is 0 Å². The van der Waals surface area contributed by atoms with Gasteiger partial charge in [0.15, 0.2) is 5.13 Å². The number of nitriles is 1. The SMILES string of the molecule is N#Cc1cccc2c1CCCc1nc(N)sc1-2. The van der Waals surface area contributed by atoms with Crippen molar-refractivity contribution in [2.24, 2.45) is 0 Å². The molecular weight excluding hydrogens is 230 g/mol. The fourth-order valence-corrected chi connectivity index (χ4v) is 3.29. The summed E-state index contributed by atoms with van der Waals surface area (Å²) in [5, 5.41) is 9.77. The van der Waals surface area contributed by atoms with Crippen molar-refractivity contribution in [2.75, 3.05) is 5.73 Å². The molecule has 3 rings (SSSR count). The number of aromatic nitrogens is 1. The quantitative estimate of drug-likeness (QED) is 0.771. The minimum absolute atomic E-state index is 0.616. The second-order valence-corrected chi connectivity index (χ2v) is 5.16. The zero-order valence-electron chi connectivity index (χ0n) is 9.23. The van der Waals surface area contributed by atoms with Crippen LogP contribution in [-0.2, 0) is 12.8 Å². The monoisotopic (exact) mass is 241 g/mol. The van der Waals surface area contributed by atoms with E-state index >= 15 is 0 Å². The van der Waals surface area contributed by atoms with E-state index in [4.69, 9.17) is 11.0 Å². The van der Waals surface area contributed by atoms with Gasteiger partial charge in [-0.1, -0.05) is 23.5 Å². The minimum atomic E-state index is 0.616. The Balaban J connectivity index is 2.29. The van der Waals surface area contributed by atoms with Gasteiger partial charge < -0.3 is 5.73 Å². The van der Waals surface area contributed by atoms with E-state index in [0.29, 0.717) is 5.13 Å². The normalized spacial score (nSPS) is 13.4. The zero-order chi connectivity index (χ0) is 11.8. The van der Waals surface area contributed by atoms with Gasteiger partial charge >= 0.3 is 0 Å². The van der Waals surface area contributed by atoms with E-state index in [0.717, 1.165) is 46.5 Å². The molecule has 3 nitrogen and oxygen atoms in total. The Labute approximate surface area is 104 Å². The molecule has 1 aliphatic carbocycles. The Morgan fingerprint density at radius 1 is 1.35 bits per heavy atom. The summed E-state index contributed by atoms with van der Waals surface area (Å²) in [5.41, 5.74) is 9.94. The minimum Gasteiger partial charge on any atom is -0.375 e. The zero-order valence-corrected chi connectivity index (χ0v) is 10.0. The van der Waals surface area contributed by atoms with Crippen molar-refractivity contribution in [2.45, 2.75) is 19.3 Å². The molecule has 1 aromatic carbocycles. The highest BCUT2D eigenvalue weighted by Gasteiger charge is 2.20. The summed E-state index contributed by atoms with van der Waals surface area (Å²) in [4.78, 5) is 5.52. The fraction of sp³-hybridized carbons (Fsp3) is 0.231. The Kier molecular flexibility index (Phi) is 2.34. The maximum Gasteiger partial charge on any atom is 0.180 e. The van der Waals surface area contributed by atoms with Crippen LogP contribution < -0.4 is 5.73 Å². The molecule has 0 fully saturated rings. The van der Waals surface area contributed by atoms with E-state index in [2.05, 4.69) is 17.1 Å². The summed E-state index contributed by atoms with van der Waals surface area (Å²) in [5.74, 6) is 0. The lowest BCUT2D eigenvalue weighted by molar-refractivity contribution is 0.817. The molecule has 17 heavy (non-hydrogen) atoms. The van der Waals surface area contributed by atoms with Crippen molar-refractivity contribution in [1.82, 2.24) is 4.98 Å². The van der Waals surface area contributed by atoms with Crippen molar-refractivity contribution >= 4 is 16.5 Å². The van der Waals surface area contributed by atoms with Gasteiger partial charge in [-0.3, -0.25) is 0 Å². The summed E-state index contributed by atoms with van der Waals surface area (Å²) in [6, 6.07) is 8.16. The molecule has 0 saturated heterocycles. The van der Waals surface area contributed by atoms with Crippen LogP contribution in [0.5, 0.6) is 0 Å². The first-order valence-corrected chi connectivity index (χ1v) is 6.39. The maximum atomic E-state index is 9.15. The molecule has 0 atom stereocenters. The van der Waals surface area contributed by atoms with Crippen LogP contribution >= 0.6 is 11.3 Å². The van der Waals surface area contributed by atoms with Crippen LogP contribution in [0.1, 0.15) is 23.2 Å². The average molecular weight is 241 g/mol. The van der Waals surface area contributed by atoms with Crippen molar-refractivity contribution in [1.29, 1.82) is 5.26 Å². The molecule has 0 bridgehead atoms. The summed E-state index contributed by atoms with van der Waals surface area (Å²) >= 11 is 1.52. The molecule has 1 aliphatic rings. The summed E-state index contributed by atoms with van der Waals surface area (Å²) in [6.45, 7) is 0. The van der Waals surface area contributed by atoms with E-state index in [-0.39, 0.29) is 0 Å². The molecule has 0 spiro atoms. The van der Waals surface area contributed by atoms with Crippen LogP contribution in [0, 0.1) is 11.3 Å². The largest absolute Gasteiger partial charge is 0.375 e.